The third-order valence-electron chi connectivity index (χ3n) is 3.85. The fraction of sp³-hybridized carbons (Fsp3) is 0.381. The van der Waals surface area contributed by atoms with Crippen molar-refractivity contribution in [2.75, 3.05) is 19.8 Å². The maximum Gasteiger partial charge on any atom is 0.255 e. The summed E-state index contributed by atoms with van der Waals surface area (Å²) in [5.74, 6) is 1.80. The Labute approximate surface area is 155 Å². The number of carbonyl (C=O) groups is 1. The Bertz CT molecular complexity index is 730. The molecule has 140 valence electrons. The Hall–Kier alpha value is -2.69. The van der Waals surface area contributed by atoms with Crippen LogP contribution in [-0.4, -0.2) is 25.7 Å². The SMILES string of the molecule is CCOc1ccc(C(C)NC(=O)c2ccccc2OCC)cc1OCC. The first-order valence-corrected chi connectivity index (χ1v) is 9.02. The minimum atomic E-state index is -0.188. The predicted molar refractivity (Wildman–Crippen MR) is 102 cm³/mol. The Kier molecular flexibility index (Phi) is 7.33. The zero-order valence-corrected chi connectivity index (χ0v) is 15.9. The van der Waals surface area contributed by atoms with Gasteiger partial charge in [0.15, 0.2) is 11.5 Å². The molecule has 0 aromatic heterocycles. The first-order chi connectivity index (χ1) is 12.6. The van der Waals surface area contributed by atoms with Crippen LogP contribution in [0, 0.1) is 0 Å². The molecule has 2 rings (SSSR count). The smallest absolute Gasteiger partial charge is 0.255 e. The molecule has 0 radical (unpaired) electrons. The predicted octanol–water partition coefficient (Wildman–Crippen LogP) is 4.37. The van der Waals surface area contributed by atoms with Crippen LogP contribution in [0.4, 0.5) is 0 Å². The molecule has 0 saturated heterocycles. The number of carbonyl (C=O) groups excluding carboxylic acids is 1. The van der Waals surface area contributed by atoms with Crippen LogP contribution in [0.25, 0.3) is 0 Å². The van der Waals surface area contributed by atoms with E-state index in [1.54, 1.807) is 12.1 Å². The maximum absolute atomic E-state index is 12.7. The van der Waals surface area contributed by atoms with Crippen molar-refractivity contribution in [1.82, 2.24) is 5.32 Å². The monoisotopic (exact) mass is 357 g/mol. The van der Waals surface area contributed by atoms with E-state index in [2.05, 4.69) is 5.32 Å². The van der Waals surface area contributed by atoms with Gasteiger partial charge in [-0.2, -0.15) is 0 Å². The van der Waals surface area contributed by atoms with Crippen molar-refractivity contribution >= 4 is 5.91 Å². The third kappa shape index (κ3) is 4.91. The number of ether oxygens (including phenoxy) is 3. The molecule has 5 heteroatoms. The topological polar surface area (TPSA) is 56.8 Å². The van der Waals surface area contributed by atoms with Crippen molar-refractivity contribution in [1.29, 1.82) is 0 Å². The summed E-state index contributed by atoms with van der Waals surface area (Å²) < 4.78 is 16.8. The number of nitrogens with one attached hydrogen (secondary N) is 1. The summed E-state index contributed by atoms with van der Waals surface area (Å²) in [6, 6.07) is 12.8. The third-order valence-corrected chi connectivity index (χ3v) is 3.85. The summed E-state index contributed by atoms with van der Waals surface area (Å²) in [4.78, 5) is 12.7. The van der Waals surface area contributed by atoms with Gasteiger partial charge < -0.3 is 19.5 Å². The summed E-state index contributed by atoms with van der Waals surface area (Å²) in [6.07, 6.45) is 0. The molecule has 0 aliphatic carbocycles. The van der Waals surface area contributed by atoms with Crippen molar-refractivity contribution in [3.05, 3.63) is 53.6 Å². The Balaban J connectivity index is 2.17. The standard InChI is InChI=1S/C21H27NO4/c1-5-24-18-11-9-8-10-17(18)21(23)22-15(4)16-12-13-19(25-6-2)20(14-16)26-7-3/h8-15H,5-7H2,1-4H3,(H,22,23). The lowest BCUT2D eigenvalue weighted by atomic mass is 10.1. The average Bonchev–Trinajstić information content (AvgIpc) is 2.64. The highest BCUT2D eigenvalue weighted by atomic mass is 16.5. The number of rotatable bonds is 9. The lowest BCUT2D eigenvalue weighted by Crippen LogP contribution is -2.27. The normalized spacial score (nSPS) is 11.5. The molecule has 0 aliphatic heterocycles. The van der Waals surface area contributed by atoms with E-state index in [9.17, 15) is 4.79 Å². The molecule has 1 N–H and O–H groups in total. The summed E-state index contributed by atoms with van der Waals surface area (Å²) in [5, 5.41) is 3.02. The Morgan fingerprint density at radius 2 is 1.50 bits per heavy atom. The Morgan fingerprint density at radius 3 is 2.19 bits per heavy atom. The van der Waals surface area contributed by atoms with Crippen molar-refractivity contribution in [3.63, 3.8) is 0 Å². The molecule has 0 heterocycles. The zero-order valence-electron chi connectivity index (χ0n) is 15.9. The lowest BCUT2D eigenvalue weighted by molar-refractivity contribution is 0.0936. The maximum atomic E-state index is 12.7. The molecule has 26 heavy (non-hydrogen) atoms. The molecule has 0 saturated carbocycles. The minimum Gasteiger partial charge on any atom is -0.493 e. The molecule has 1 amide bonds. The van der Waals surface area contributed by atoms with Gasteiger partial charge in [-0.1, -0.05) is 18.2 Å². The number of benzene rings is 2. The van der Waals surface area contributed by atoms with E-state index in [-0.39, 0.29) is 11.9 Å². The highest BCUT2D eigenvalue weighted by Gasteiger charge is 2.17. The molecule has 0 bridgehead atoms. The molecule has 5 nitrogen and oxygen atoms in total. The second-order valence-electron chi connectivity index (χ2n) is 5.70. The molecule has 0 spiro atoms. The van der Waals surface area contributed by atoms with E-state index in [1.807, 2.05) is 58.0 Å². The molecular weight excluding hydrogens is 330 g/mol. The van der Waals surface area contributed by atoms with Gasteiger partial charge >= 0.3 is 0 Å². The zero-order chi connectivity index (χ0) is 18.9. The van der Waals surface area contributed by atoms with Gasteiger partial charge in [-0.05, 0) is 57.5 Å². The van der Waals surface area contributed by atoms with Crippen LogP contribution in [0.1, 0.15) is 49.7 Å². The molecule has 1 unspecified atom stereocenters. The first kappa shape index (κ1) is 19.6. The second-order valence-corrected chi connectivity index (χ2v) is 5.70. The highest BCUT2D eigenvalue weighted by molar-refractivity contribution is 5.97. The van der Waals surface area contributed by atoms with E-state index in [4.69, 9.17) is 14.2 Å². The van der Waals surface area contributed by atoms with Crippen molar-refractivity contribution in [2.24, 2.45) is 0 Å². The quantitative estimate of drug-likeness (QED) is 0.724. The van der Waals surface area contributed by atoms with Crippen molar-refractivity contribution < 1.29 is 19.0 Å². The largest absolute Gasteiger partial charge is 0.493 e. The van der Waals surface area contributed by atoms with Crippen LogP contribution in [0.2, 0.25) is 0 Å². The van der Waals surface area contributed by atoms with Crippen LogP contribution < -0.4 is 19.5 Å². The lowest BCUT2D eigenvalue weighted by Gasteiger charge is -2.18. The fourth-order valence-corrected chi connectivity index (χ4v) is 2.63. The summed E-state index contributed by atoms with van der Waals surface area (Å²) in [5.41, 5.74) is 1.47. The molecular formula is C21H27NO4. The van der Waals surface area contributed by atoms with Gasteiger partial charge in [0.25, 0.3) is 5.91 Å². The molecule has 2 aromatic rings. The number of amides is 1. The average molecular weight is 357 g/mol. The van der Waals surface area contributed by atoms with Crippen LogP contribution >= 0.6 is 0 Å². The van der Waals surface area contributed by atoms with Crippen LogP contribution in [0.15, 0.2) is 42.5 Å². The van der Waals surface area contributed by atoms with Gasteiger partial charge in [0.2, 0.25) is 0 Å². The van der Waals surface area contributed by atoms with Gasteiger partial charge in [0, 0.05) is 0 Å². The van der Waals surface area contributed by atoms with Crippen LogP contribution in [0.5, 0.6) is 17.2 Å². The van der Waals surface area contributed by atoms with E-state index < -0.39 is 0 Å². The van der Waals surface area contributed by atoms with Gasteiger partial charge in [0.1, 0.15) is 5.75 Å². The van der Waals surface area contributed by atoms with E-state index in [0.29, 0.717) is 42.6 Å². The van der Waals surface area contributed by atoms with E-state index in [1.165, 1.54) is 0 Å². The Morgan fingerprint density at radius 1 is 0.885 bits per heavy atom. The second kappa shape index (κ2) is 9.70. The van der Waals surface area contributed by atoms with E-state index >= 15 is 0 Å². The van der Waals surface area contributed by atoms with Gasteiger partial charge in [0.05, 0.1) is 31.4 Å². The highest BCUT2D eigenvalue weighted by Crippen LogP contribution is 2.31. The van der Waals surface area contributed by atoms with Crippen molar-refractivity contribution in [2.45, 2.75) is 33.7 Å². The van der Waals surface area contributed by atoms with Crippen LogP contribution in [0.3, 0.4) is 0 Å². The van der Waals surface area contributed by atoms with Gasteiger partial charge in [-0.3, -0.25) is 4.79 Å². The van der Waals surface area contributed by atoms with Gasteiger partial charge in [-0.15, -0.1) is 0 Å². The number of hydrogen-bond acceptors (Lipinski definition) is 4. The van der Waals surface area contributed by atoms with Gasteiger partial charge in [-0.25, -0.2) is 0 Å². The number of para-hydroxylation sites is 1. The van der Waals surface area contributed by atoms with Crippen LogP contribution in [-0.2, 0) is 0 Å². The molecule has 0 aliphatic rings. The number of hydrogen-bond donors (Lipinski definition) is 1. The van der Waals surface area contributed by atoms with E-state index in [0.717, 1.165) is 5.56 Å². The van der Waals surface area contributed by atoms with Crippen molar-refractivity contribution in [3.8, 4) is 17.2 Å². The molecule has 1 atom stereocenters. The first-order valence-electron chi connectivity index (χ1n) is 9.02. The summed E-state index contributed by atoms with van der Waals surface area (Å²) >= 11 is 0. The molecule has 2 aromatic carbocycles. The summed E-state index contributed by atoms with van der Waals surface area (Å²) in [6.45, 7) is 9.32. The minimum absolute atomic E-state index is 0.173. The fourth-order valence-electron chi connectivity index (χ4n) is 2.63. The summed E-state index contributed by atoms with van der Waals surface area (Å²) in [7, 11) is 0. The molecule has 0 fully saturated rings.